The van der Waals surface area contributed by atoms with Crippen molar-refractivity contribution in [3.05, 3.63) is 21.6 Å². The Bertz CT molecular complexity index is 455. The van der Waals surface area contributed by atoms with Gasteiger partial charge in [-0.2, -0.15) is 5.26 Å². The Labute approximate surface area is 77.2 Å². The molecule has 0 aromatic carbocycles. The summed E-state index contributed by atoms with van der Waals surface area (Å²) in [7, 11) is 1.22. The van der Waals surface area contributed by atoms with Gasteiger partial charge in [0.15, 0.2) is 0 Å². The predicted octanol–water partition coefficient (Wildman–Crippen LogP) is -0.102. The van der Waals surface area contributed by atoms with Crippen molar-refractivity contribution >= 4 is 11.8 Å². The number of rotatable bonds is 2. The van der Waals surface area contributed by atoms with Gasteiger partial charge >= 0.3 is 17.6 Å². The number of hydrogen-bond donors (Lipinski definition) is 1. The molecular formula is C6H4N4O4. The lowest BCUT2D eigenvalue weighted by Gasteiger charge is -1.90. The normalized spacial score (nSPS) is 9.43. The highest BCUT2D eigenvalue weighted by molar-refractivity contribution is 5.84. The van der Waals surface area contributed by atoms with Gasteiger partial charge in [0, 0.05) is 7.05 Å². The zero-order valence-corrected chi connectivity index (χ0v) is 6.96. The third kappa shape index (κ3) is 1.27. The number of nitrogens with zero attached hydrogens (tertiary/aromatic N) is 4. The average Bonchev–Trinajstić information content (AvgIpc) is 2.42. The third-order valence-electron chi connectivity index (χ3n) is 1.55. The lowest BCUT2D eigenvalue weighted by Crippen LogP contribution is -2.06. The SMILES string of the molecule is Cn1c(C(=O)O)nc([N+](=O)[O-])c1C#N. The van der Waals surface area contributed by atoms with E-state index in [2.05, 4.69) is 4.98 Å². The summed E-state index contributed by atoms with van der Waals surface area (Å²) >= 11 is 0. The van der Waals surface area contributed by atoms with Crippen molar-refractivity contribution in [1.29, 1.82) is 5.26 Å². The smallest absolute Gasteiger partial charge is 0.401 e. The van der Waals surface area contributed by atoms with Gasteiger partial charge in [-0.15, -0.1) is 0 Å². The summed E-state index contributed by atoms with van der Waals surface area (Å²) in [5, 5.41) is 27.5. The number of nitro groups is 1. The monoisotopic (exact) mass is 196 g/mol. The van der Waals surface area contributed by atoms with E-state index in [-0.39, 0.29) is 5.69 Å². The van der Waals surface area contributed by atoms with Crippen molar-refractivity contribution in [1.82, 2.24) is 9.55 Å². The molecule has 0 aliphatic rings. The number of aromatic carboxylic acids is 1. The number of carbonyl (C=O) groups is 1. The minimum absolute atomic E-state index is 0.382. The maximum absolute atomic E-state index is 10.5. The second kappa shape index (κ2) is 3.14. The van der Waals surface area contributed by atoms with Gasteiger partial charge in [-0.3, -0.25) is 4.57 Å². The summed E-state index contributed by atoms with van der Waals surface area (Å²) in [6, 6.07) is 1.52. The van der Waals surface area contributed by atoms with Crippen LogP contribution in [0.1, 0.15) is 16.3 Å². The zero-order chi connectivity index (χ0) is 10.9. The molecule has 8 heteroatoms. The molecule has 1 heterocycles. The maximum atomic E-state index is 10.5. The Kier molecular flexibility index (Phi) is 2.16. The van der Waals surface area contributed by atoms with Crippen LogP contribution in [0.2, 0.25) is 0 Å². The minimum atomic E-state index is -1.42. The first kappa shape index (κ1) is 9.66. The van der Waals surface area contributed by atoms with E-state index in [1.54, 1.807) is 0 Å². The first-order chi connectivity index (χ1) is 6.49. The van der Waals surface area contributed by atoms with Gasteiger partial charge in [0.05, 0.1) is 0 Å². The number of hydrogen-bond acceptors (Lipinski definition) is 5. The molecule has 0 unspecified atom stereocenters. The van der Waals surface area contributed by atoms with Crippen LogP contribution in [0.4, 0.5) is 5.82 Å². The molecule has 1 rings (SSSR count). The van der Waals surface area contributed by atoms with Gasteiger partial charge in [0.1, 0.15) is 6.07 Å². The standard InChI is InChI=1S/C6H4N4O4/c1-9-3(2-7)4(10(13)14)8-5(9)6(11)12/h1H3,(H,11,12). The fourth-order valence-electron chi connectivity index (χ4n) is 0.928. The molecule has 1 aromatic heterocycles. The van der Waals surface area contributed by atoms with Gasteiger partial charge in [-0.25, -0.2) is 4.79 Å². The molecule has 0 spiro atoms. The van der Waals surface area contributed by atoms with Crippen LogP contribution in [0.15, 0.2) is 0 Å². The topological polar surface area (TPSA) is 122 Å². The average molecular weight is 196 g/mol. The first-order valence-corrected chi connectivity index (χ1v) is 3.33. The molecule has 0 amide bonds. The fourth-order valence-corrected chi connectivity index (χ4v) is 0.928. The Hall–Kier alpha value is -2.43. The lowest BCUT2D eigenvalue weighted by molar-refractivity contribution is -0.389. The van der Waals surface area contributed by atoms with Crippen molar-refractivity contribution in [2.75, 3.05) is 0 Å². The maximum Gasteiger partial charge on any atom is 0.401 e. The van der Waals surface area contributed by atoms with Crippen LogP contribution in [0.3, 0.4) is 0 Å². The molecule has 8 nitrogen and oxygen atoms in total. The van der Waals surface area contributed by atoms with Crippen LogP contribution >= 0.6 is 0 Å². The Morgan fingerprint density at radius 3 is 2.64 bits per heavy atom. The van der Waals surface area contributed by atoms with Crippen LogP contribution < -0.4 is 0 Å². The van der Waals surface area contributed by atoms with E-state index in [1.165, 1.54) is 13.1 Å². The molecule has 0 bridgehead atoms. The van der Waals surface area contributed by atoms with Crippen molar-refractivity contribution in [3.63, 3.8) is 0 Å². The van der Waals surface area contributed by atoms with E-state index in [0.717, 1.165) is 4.57 Å². The summed E-state index contributed by atoms with van der Waals surface area (Å²) in [5.74, 6) is -2.70. The van der Waals surface area contributed by atoms with Crippen molar-refractivity contribution < 1.29 is 14.8 Å². The molecule has 0 radical (unpaired) electrons. The first-order valence-electron chi connectivity index (χ1n) is 3.33. The predicted molar refractivity (Wildman–Crippen MR) is 41.5 cm³/mol. The minimum Gasteiger partial charge on any atom is -0.474 e. The molecule has 0 saturated heterocycles. The second-order valence-electron chi connectivity index (χ2n) is 2.34. The van der Waals surface area contributed by atoms with Crippen LogP contribution in [-0.2, 0) is 7.05 Å². The van der Waals surface area contributed by atoms with Crippen molar-refractivity contribution in [3.8, 4) is 6.07 Å². The summed E-state index contributed by atoms with van der Waals surface area (Å²) < 4.78 is 0.862. The Balaban J connectivity index is 3.49. The van der Waals surface area contributed by atoms with E-state index >= 15 is 0 Å². The molecule has 0 atom stereocenters. The van der Waals surface area contributed by atoms with Gasteiger partial charge in [-0.05, 0) is 9.91 Å². The molecule has 14 heavy (non-hydrogen) atoms. The lowest BCUT2D eigenvalue weighted by atomic mass is 10.5. The van der Waals surface area contributed by atoms with Gasteiger partial charge in [-0.1, -0.05) is 0 Å². The fraction of sp³-hybridized carbons (Fsp3) is 0.167. The van der Waals surface area contributed by atoms with Crippen LogP contribution in [0, 0.1) is 21.4 Å². The van der Waals surface area contributed by atoms with E-state index in [0.29, 0.717) is 0 Å². The number of aromatic nitrogens is 2. The second-order valence-corrected chi connectivity index (χ2v) is 2.34. The highest BCUT2D eigenvalue weighted by Crippen LogP contribution is 2.16. The van der Waals surface area contributed by atoms with E-state index < -0.39 is 22.5 Å². The van der Waals surface area contributed by atoms with Gasteiger partial charge in [0.25, 0.3) is 0 Å². The molecule has 72 valence electrons. The molecule has 0 fully saturated rings. The third-order valence-corrected chi connectivity index (χ3v) is 1.55. The van der Waals surface area contributed by atoms with Crippen LogP contribution in [-0.4, -0.2) is 25.6 Å². The Morgan fingerprint density at radius 1 is 1.79 bits per heavy atom. The summed E-state index contributed by atoms with van der Waals surface area (Å²) in [6.07, 6.45) is 0. The van der Waals surface area contributed by atoms with Crippen molar-refractivity contribution in [2.45, 2.75) is 0 Å². The molecule has 1 aromatic rings. The number of imidazole rings is 1. The highest BCUT2D eigenvalue weighted by atomic mass is 16.6. The van der Waals surface area contributed by atoms with Crippen molar-refractivity contribution in [2.24, 2.45) is 7.05 Å². The van der Waals surface area contributed by atoms with E-state index in [4.69, 9.17) is 10.4 Å². The quantitative estimate of drug-likeness (QED) is 0.520. The van der Waals surface area contributed by atoms with Gasteiger partial charge in [0.2, 0.25) is 5.69 Å². The Morgan fingerprint density at radius 2 is 2.36 bits per heavy atom. The zero-order valence-electron chi connectivity index (χ0n) is 6.96. The van der Waals surface area contributed by atoms with E-state index in [1.807, 2.05) is 0 Å². The number of nitriles is 1. The number of carboxylic acid groups (broad SMARTS) is 1. The van der Waals surface area contributed by atoms with Crippen LogP contribution in [0.25, 0.3) is 0 Å². The molecule has 0 saturated carbocycles. The largest absolute Gasteiger partial charge is 0.474 e. The molecular weight excluding hydrogens is 192 g/mol. The molecule has 0 aliphatic heterocycles. The van der Waals surface area contributed by atoms with Gasteiger partial charge < -0.3 is 15.2 Å². The summed E-state index contributed by atoms with van der Waals surface area (Å²) in [5.41, 5.74) is -0.382. The van der Waals surface area contributed by atoms with E-state index in [9.17, 15) is 14.9 Å². The van der Waals surface area contributed by atoms with Crippen LogP contribution in [0.5, 0.6) is 0 Å². The summed E-state index contributed by atoms with van der Waals surface area (Å²) in [4.78, 5) is 23.2. The molecule has 1 N–H and O–H groups in total. The summed E-state index contributed by atoms with van der Waals surface area (Å²) in [6.45, 7) is 0. The number of carboxylic acids is 1. The highest BCUT2D eigenvalue weighted by Gasteiger charge is 2.29. The molecule has 0 aliphatic carbocycles.